The summed E-state index contributed by atoms with van der Waals surface area (Å²) in [6, 6.07) is 4.85. The van der Waals surface area contributed by atoms with Crippen molar-refractivity contribution >= 4 is 10.8 Å². The van der Waals surface area contributed by atoms with Crippen molar-refractivity contribution in [3.63, 3.8) is 0 Å². The standard InChI is InChI=1S/C24H28F3/c1-4-16-5-7-17(8-6-16)9-10-20-14-18-11-12-19(13-15(2)3)22(25)21(18)24(27)23(20)26/h11-12,14,16-17H,4-10H2,1-3H3/q+1. The van der Waals surface area contributed by atoms with Crippen molar-refractivity contribution < 1.29 is 13.2 Å². The molecule has 0 radical (unpaired) electrons. The number of hydrogen-bond acceptors (Lipinski definition) is 0. The van der Waals surface area contributed by atoms with Crippen molar-refractivity contribution in [2.45, 2.75) is 65.7 Å². The van der Waals surface area contributed by atoms with Crippen LogP contribution in [0.3, 0.4) is 0 Å². The highest BCUT2D eigenvalue weighted by Gasteiger charge is 2.25. The van der Waals surface area contributed by atoms with Crippen LogP contribution in [0.15, 0.2) is 23.8 Å². The molecule has 0 spiro atoms. The number of aryl methyl sites for hydroxylation is 1. The predicted octanol–water partition coefficient (Wildman–Crippen LogP) is 7.52. The minimum atomic E-state index is -1.08. The first-order valence-electron chi connectivity index (χ1n) is 10.1. The topological polar surface area (TPSA) is 0 Å². The molecule has 0 aromatic heterocycles. The van der Waals surface area contributed by atoms with Gasteiger partial charge in [0.25, 0.3) is 5.82 Å². The first-order valence-corrected chi connectivity index (χ1v) is 10.1. The Balaban J connectivity index is 1.83. The molecular weight excluding hydrogens is 345 g/mol. The number of hydrogen-bond donors (Lipinski definition) is 0. The van der Waals surface area contributed by atoms with Gasteiger partial charge in [-0.05, 0) is 50.2 Å². The number of rotatable bonds is 5. The summed E-state index contributed by atoms with van der Waals surface area (Å²) in [4.78, 5) is 0. The molecule has 0 unspecified atom stereocenters. The second-order valence-electron chi connectivity index (χ2n) is 8.15. The maximum atomic E-state index is 14.7. The van der Waals surface area contributed by atoms with Crippen molar-refractivity contribution in [1.82, 2.24) is 0 Å². The monoisotopic (exact) mass is 373 g/mol. The maximum Gasteiger partial charge on any atom is 0.259 e. The highest BCUT2D eigenvalue weighted by molar-refractivity contribution is 5.85. The Morgan fingerprint density at radius 2 is 1.63 bits per heavy atom. The quantitative estimate of drug-likeness (QED) is 0.475. The molecule has 2 aromatic rings. The van der Waals surface area contributed by atoms with Gasteiger partial charge in [-0.1, -0.05) is 39.0 Å². The van der Waals surface area contributed by atoms with Gasteiger partial charge in [-0.25, -0.2) is 8.78 Å². The summed E-state index contributed by atoms with van der Waals surface area (Å²) < 4.78 is 43.9. The molecule has 0 amide bonds. The first kappa shape index (κ1) is 19.9. The Hall–Kier alpha value is -1.86. The van der Waals surface area contributed by atoms with Gasteiger partial charge in [-0.3, -0.25) is 0 Å². The van der Waals surface area contributed by atoms with Crippen LogP contribution in [0, 0.1) is 35.4 Å². The normalized spacial score (nSPS) is 19.9. The van der Waals surface area contributed by atoms with E-state index < -0.39 is 17.5 Å². The summed E-state index contributed by atoms with van der Waals surface area (Å²) >= 11 is 0. The average molecular weight is 373 g/mol. The van der Waals surface area contributed by atoms with Crippen molar-refractivity contribution in [1.29, 1.82) is 0 Å². The lowest BCUT2D eigenvalue weighted by Gasteiger charge is -2.27. The lowest BCUT2D eigenvalue weighted by molar-refractivity contribution is 0.258. The molecule has 0 N–H and O–H groups in total. The zero-order chi connectivity index (χ0) is 19.6. The molecule has 1 aliphatic rings. The third kappa shape index (κ3) is 4.35. The van der Waals surface area contributed by atoms with Crippen LogP contribution in [0.25, 0.3) is 10.8 Å². The van der Waals surface area contributed by atoms with Gasteiger partial charge in [0.15, 0.2) is 11.6 Å². The van der Waals surface area contributed by atoms with E-state index in [1.807, 2.05) is 0 Å². The highest BCUT2D eigenvalue weighted by atomic mass is 19.2. The molecule has 2 aromatic carbocycles. The van der Waals surface area contributed by atoms with Crippen LogP contribution >= 0.6 is 0 Å². The van der Waals surface area contributed by atoms with Crippen LogP contribution in [0.2, 0.25) is 0 Å². The van der Waals surface area contributed by atoms with Crippen molar-refractivity contribution in [3.05, 3.63) is 58.4 Å². The van der Waals surface area contributed by atoms with E-state index in [1.54, 1.807) is 32.0 Å². The fourth-order valence-corrected chi connectivity index (χ4v) is 4.27. The number of halogens is 3. The number of allylic oxidation sites excluding steroid dienone is 1. The van der Waals surface area contributed by atoms with Gasteiger partial charge in [0.2, 0.25) is 5.56 Å². The zero-order valence-corrected chi connectivity index (χ0v) is 16.5. The molecule has 0 saturated heterocycles. The van der Waals surface area contributed by atoms with Gasteiger partial charge < -0.3 is 0 Å². The average Bonchev–Trinajstić information content (AvgIpc) is 2.65. The van der Waals surface area contributed by atoms with E-state index in [9.17, 15) is 13.2 Å². The Labute approximate surface area is 160 Å². The van der Waals surface area contributed by atoms with Gasteiger partial charge in [0.1, 0.15) is 5.39 Å². The third-order valence-corrected chi connectivity index (χ3v) is 5.95. The second-order valence-corrected chi connectivity index (χ2v) is 8.15. The molecule has 0 bridgehead atoms. The predicted molar refractivity (Wildman–Crippen MR) is 105 cm³/mol. The molecule has 1 aliphatic carbocycles. The summed E-state index contributed by atoms with van der Waals surface area (Å²) in [5.74, 6) is -1.32. The van der Waals surface area contributed by atoms with Crippen molar-refractivity contribution in [3.8, 4) is 0 Å². The lowest BCUT2D eigenvalue weighted by Crippen LogP contribution is -2.14. The van der Waals surface area contributed by atoms with Gasteiger partial charge in [-0.15, -0.1) is 4.39 Å². The second kappa shape index (κ2) is 8.44. The molecule has 144 valence electrons. The summed E-state index contributed by atoms with van der Waals surface area (Å²) in [5, 5.41) is 0.140. The van der Waals surface area contributed by atoms with E-state index in [0.717, 1.165) is 17.9 Å². The maximum absolute atomic E-state index is 14.7. The van der Waals surface area contributed by atoms with Gasteiger partial charge in [-0.2, -0.15) is 0 Å². The zero-order valence-electron chi connectivity index (χ0n) is 16.5. The van der Waals surface area contributed by atoms with Crippen molar-refractivity contribution in [2.75, 3.05) is 0 Å². The van der Waals surface area contributed by atoms with E-state index in [2.05, 4.69) is 13.0 Å². The third-order valence-electron chi connectivity index (χ3n) is 5.95. The van der Waals surface area contributed by atoms with E-state index >= 15 is 0 Å². The van der Waals surface area contributed by atoms with Crippen molar-refractivity contribution in [2.24, 2.45) is 11.8 Å². The van der Waals surface area contributed by atoms with E-state index in [1.165, 1.54) is 32.1 Å². The van der Waals surface area contributed by atoms with Crippen LogP contribution in [-0.2, 0) is 6.42 Å². The molecule has 0 atom stereocenters. The number of fused-ring (bicyclic) bond motifs is 1. The molecule has 0 heterocycles. The lowest BCUT2D eigenvalue weighted by atomic mass is 9.78. The van der Waals surface area contributed by atoms with E-state index in [0.29, 0.717) is 23.3 Å². The molecule has 0 nitrogen and oxygen atoms in total. The summed E-state index contributed by atoms with van der Waals surface area (Å²) in [6.07, 6.45) is 10.3. The molecule has 1 saturated carbocycles. The Kier molecular flexibility index (Phi) is 6.22. The minimum absolute atomic E-state index is 0.168. The molecule has 3 heteroatoms. The fraction of sp³-hybridized carbons (Fsp3) is 0.500. The van der Waals surface area contributed by atoms with Crippen LogP contribution in [0.4, 0.5) is 13.2 Å². The van der Waals surface area contributed by atoms with Crippen LogP contribution in [0.1, 0.15) is 70.4 Å². The Morgan fingerprint density at radius 1 is 0.963 bits per heavy atom. The largest absolute Gasteiger partial charge is 0.259 e. The van der Waals surface area contributed by atoms with Crippen LogP contribution < -0.4 is 0 Å². The van der Waals surface area contributed by atoms with E-state index in [-0.39, 0.29) is 10.9 Å². The smallest absolute Gasteiger partial charge is 0.203 e. The summed E-state index contributed by atoms with van der Waals surface area (Å²) in [5.41, 5.74) is 1.31. The van der Waals surface area contributed by atoms with E-state index in [4.69, 9.17) is 0 Å². The Morgan fingerprint density at radius 3 is 2.26 bits per heavy atom. The molecule has 27 heavy (non-hydrogen) atoms. The Bertz CT molecular complexity index is 839. The minimum Gasteiger partial charge on any atom is -0.203 e. The fourth-order valence-electron chi connectivity index (χ4n) is 4.27. The van der Waals surface area contributed by atoms with Crippen LogP contribution in [0.5, 0.6) is 0 Å². The first-order chi connectivity index (χ1) is 12.9. The van der Waals surface area contributed by atoms with Gasteiger partial charge in [0.05, 0.1) is 6.07 Å². The number of benzene rings is 2. The molecular formula is C24H28F3+. The van der Waals surface area contributed by atoms with Crippen LogP contribution in [-0.4, -0.2) is 0 Å². The summed E-state index contributed by atoms with van der Waals surface area (Å²) in [6.45, 7) is 5.81. The SMILES string of the molecule is CCC1CCC(CCc2cc3ccc([C+]=C(C)C)c(F)c3c(F)c2F)CC1. The molecule has 3 rings (SSSR count). The van der Waals surface area contributed by atoms with Gasteiger partial charge >= 0.3 is 0 Å². The molecule has 1 fully saturated rings. The van der Waals surface area contributed by atoms with Gasteiger partial charge in [0, 0.05) is 23.1 Å². The molecule has 0 aliphatic heterocycles. The summed E-state index contributed by atoms with van der Waals surface area (Å²) in [7, 11) is 0. The highest BCUT2D eigenvalue weighted by Crippen LogP contribution is 2.34.